The third-order valence-corrected chi connectivity index (χ3v) is 6.50. The zero-order chi connectivity index (χ0) is 21.0. The van der Waals surface area contributed by atoms with Crippen LogP contribution in [0, 0.1) is 12.7 Å². The number of halogens is 1. The molecule has 2 aromatic heterocycles. The van der Waals surface area contributed by atoms with E-state index < -0.39 is 0 Å². The molecule has 0 unspecified atom stereocenters. The summed E-state index contributed by atoms with van der Waals surface area (Å²) in [4.78, 5) is 32.3. The van der Waals surface area contributed by atoms with Gasteiger partial charge in [-0.2, -0.15) is 0 Å². The minimum Gasteiger partial charge on any atom is -0.342 e. The van der Waals surface area contributed by atoms with Crippen molar-refractivity contribution in [2.45, 2.75) is 38.8 Å². The van der Waals surface area contributed by atoms with Gasteiger partial charge in [-0.25, -0.2) is 9.37 Å². The third kappa shape index (κ3) is 4.70. The van der Waals surface area contributed by atoms with Gasteiger partial charge < -0.3 is 4.90 Å². The molecular weight excluding hydrogens is 409 g/mol. The number of carbonyl (C=O) groups is 1. The zero-order valence-corrected chi connectivity index (χ0v) is 18.4. The fourth-order valence-electron chi connectivity index (χ4n) is 3.10. The summed E-state index contributed by atoms with van der Waals surface area (Å²) in [6.07, 6.45) is 1.99. The number of fused-ring (bicyclic) bond motifs is 1. The van der Waals surface area contributed by atoms with Gasteiger partial charge in [0.05, 0.1) is 17.0 Å². The predicted octanol–water partition coefficient (Wildman–Crippen LogP) is 4.64. The van der Waals surface area contributed by atoms with Crippen molar-refractivity contribution < 1.29 is 9.18 Å². The van der Waals surface area contributed by atoms with Gasteiger partial charge in [-0.3, -0.25) is 14.2 Å². The van der Waals surface area contributed by atoms with Crippen LogP contribution in [0.3, 0.4) is 0 Å². The van der Waals surface area contributed by atoms with Crippen LogP contribution < -0.4 is 5.56 Å². The molecule has 0 aliphatic heterocycles. The van der Waals surface area contributed by atoms with Gasteiger partial charge in [0, 0.05) is 13.1 Å². The van der Waals surface area contributed by atoms with E-state index in [0.29, 0.717) is 33.2 Å². The SMILES string of the molecule is CCCCN(CC)C(=O)CSc1nc2ccsc2c(=O)n1-c1ccc(F)cc1C. The fraction of sp³-hybridized carbons (Fsp3) is 0.381. The Morgan fingerprint density at radius 3 is 2.79 bits per heavy atom. The van der Waals surface area contributed by atoms with Crippen LogP contribution in [0.5, 0.6) is 0 Å². The largest absolute Gasteiger partial charge is 0.342 e. The number of unbranched alkanes of at least 4 members (excludes halogenated alkanes) is 1. The molecule has 1 amide bonds. The monoisotopic (exact) mass is 433 g/mol. The van der Waals surface area contributed by atoms with Crippen molar-refractivity contribution >= 4 is 39.2 Å². The molecule has 0 spiro atoms. The minimum atomic E-state index is -0.358. The molecular formula is C21H24FN3O2S2. The number of amides is 1. The third-order valence-electron chi connectivity index (χ3n) is 4.69. The molecule has 0 aliphatic carbocycles. The molecule has 0 atom stereocenters. The van der Waals surface area contributed by atoms with Crippen LogP contribution >= 0.6 is 23.1 Å². The van der Waals surface area contributed by atoms with Gasteiger partial charge in [-0.1, -0.05) is 25.1 Å². The Kier molecular flexibility index (Phi) is 7.08. The molecule has 0 aliphatic rings. The van der Waals surface area contributed by atoms with E-state index in [1.54, 1.807) is 19.1 Å². The van der Waals surface area contributed by atoms with Crippen LogP contribution in [0.25, 0.3) is 15.9 Å². The summed E-state index contributed by atoms with van der Waals surface area (Å²) >= 11 is 2.57. The zero-order valence-electron chi connectivity index (χ0n) is 16.8. The Hall–Kier alpha value is -2.19. The highest BCUT2D eigenvalue weighted by Gasteiger charge is 2.18. The van der Waals surface area contributed by atoms with Crippen molar-refractivity contribution in [3.63, 3.8) is 0 Å². The van der Waals surface area contributed by atoms with Crippen LogP contribution in [0.15, 0.2) is 39.6 Å². The Morgan fingerprint density at radius 1 is 1.31 bits per heavy atom. The molecule has 0 saturated heterocycles. The molecule has 0 bridgehead atoms. The molecule has 0 N–H and O–H groups in total. The van der Waals surface area contributed by atoms with Crippen molar-refractivity contribution in [3.05, 3.63) is 51.4 Å². The normalized spacial score (nSPS) is 11.2. The number of hydrogen-bond acceptors (Lipinski definition) is 5. The first-order valence-electron chi connectivity index (χ1n) is 9.63. The first-order valence-corrected chi connectivity index (χ1v) is 11.5. The van der Waals surface area contributed by atoms with Crippen molar-refractivity contribution in [1.82, 2.24) is 14.5 Å². The predicted molar refractivity (Wildman–Crippen MR) is 118 cm³/mol. The molecule has 2 heterocycles. The molecule has 0 saturated carbocycles. The second-order valence-electron chi connectivity index (χ2n) is 6.72. The second-order valence-corrected chi connectivity index (χ2v) is 8.57. The van der Waals surface area contributed by atoms with Crippen LogP contribution in [-0.2, 0) is 4.79 Å². The standard InChI is InChI=1S/C21H24FN3O2S2/c1-4-6-10-24(5-2)18(26)13-29-21-23-16-9-11-28-19(16)20(27)25(21)17-8-7-15(22)12-14(17)3/h7-9,11-12H,4-6,10,13H2,1-3H3. The van der Waals surface area contributed by atoms with Gasteiger partial charge in [-0.05, 0) is 55.5 Å². The summed E-state index contributed by atoms with van der Waals surface area (Å²) < 4.78 is 15.6. The highest BCUT2D eigenvalue weighted by atomic mass is 32.2. The summed E-state index contributed by atoms with van der Waals surface area (Å²) in [5.74, 6) is -0.142. The van der Waals surface area contributed by atoms with Gasteiger partial charge >= 0.3 is 0 Å². The van der Waals surface area contributed by atoms with Crippen LogP contribution in [0.1, 0.15) is 32.3 Å². The van der Waals surface area contributed by atoms with E-state index in [1.807, 2.05) is 17.2 Å². The number of thiophene rings is 1. The highest BCUT2D eigenvalue weighted by molar-refractivity contribution is 7.99. The van der Waals surface area contributed by atoms with Gasteiger partial charge in [0.2, 0.25) is 5.91 Å². The second kappa shape index (κ2) is 9.54. The van der Waals surface area contributed by atoms with Gasteiger partial charge in [-0.15, -0.1) is 11.3 Å². The number of aryl methyl sites for hydroxylation is 1. The number of rotatable bonds is 8. The average molecular weight is 434 g/mol. The molecule has 8 heteroatoms. The number of carbonyl (C=O) groups excluding carboxylic acids is 1. The smallest absolute Gasteiger partial charge is 0.276 e. The van der Waals surface area contributed by atoms with Crippen molar-refractivity contribution in [2.24, 2.45) is 0 Å². The lowest BCUT2D eigenvalue weighted by Gasteiger charge is -2.21. The lowest BCUT2D eigenvalue weighted by Crippen LogP contribution is -2.33. The number of hydrogen-bond donors (Lipinski definition) is 0. The Balaban J connectivity index is 1.98. The van der Waals surface area contributed by atoms with E-state index >= 15 is 0 Å². The number of thioether (sulfide) groups is 1. The average Bonchev–Trinajstić information content (AvgIpc) is 3.17. The van der Waals surface area contributed by atoms with E-state index in [-0.39, 0.29) is 23.0 Å². The molecule has 0 radical (unpaired) electrons. The van der Waals surface area contributed by atoms with Crippen LogP contribution in [0.2, 0.25) is 0 Å². The van der Waals surface area contributed by atoms with Crippen LogP contribution in [-0.4, -0.2) is 39.2 Å². The molecule has 154 valence electrons. The Morgan fingerprint density at radius 2 is 2.10 bits per heavy atom. The van der Waals surface area contributed by atoms with Crippen molar-refractivity contribution in [1.29, 1.82) is 0 Å². The van der Waals surface area contributed by atoms with E-state index in [2.05, 4.69) is 11.9 Å². The molecule has 1 aromatic carbocycles. The summed E-state index contributed by atoms with van der Waals surface area (Å²) in [5, 5.41) is 2.26. The molecule has 5 nitrogen and oxygen atoms in total. The van der Waals surface area contributed by atoms with Gasteiger partial charge in [0.15, 0.2) is 5.16 Å². The molecule has 3 aromatic rings. The summed E-state index contributed by atoms with van der Waals surface area (Å²) in [6.45, 7) is 7.20. The topological polar surface area (TPSA) is 55.2 Å². The maximum atomic E-state index is 13.6. The Labute approximate surface area is 177 Å². The van der Waals surface area contributed by atoms with E-state index in [0.717, 1.165) is 19.4 Å². The first-order chi connectivity index (χ1) is 14.0. The maximum Gasteiger partial charge on any atom is 0.276 e. The van der Waals surface area contributed by atoms with Gasteiger partial charge in [0.25, 0.3) is 5.56 Å². The van der Waals surface area contributed by atoms with Crippen molar-refractivity contribution in [2.75, 3.05) is 18.8 Å². The summed E-state index contributed by atoms with van der Waals surface area (Å²) in [7, 11) is 0. The van der Waals surface area contributed by atoms with Crippen molar-refractivity contribution in [3.8, 4) is 5.69 Å². The fourth-order valence-corrected chi connectivity index (χ4v) is 4.76. The minimum absolute atomic E-state index is 0.0213. The first kappa shape index (κ1) is 21.5. The van der Waals surface area contributed by atoms with E-state index in [4.69, 9.17) is 0 Å². The van der Waals surface area contributed by atoms with Gasteiger partial charge in [0.1, 0.15) is 10.5 Å². The quantitative estimate of drug-likeness (QED) is 0.384. The maximum absolute atomic E-state index is 13.6. The highest BCUT2D eigenvalue weighted by Crippen LogP contribution is 2.25. The summed E-state index contributed by atoms with van der Waals surface area (Å²) in [6, 6.07) is 6.10. The molecule has 0 fully saturated rings. The van der Waals surface area contributed by atoms with Crippen LogP contribution in [0.4, 0.5) is 4.39 Å². The lowest BCUT2D eigenvalue weighted by molar-refractivity contribution is -0.128. The summed E-state index contributed by atoms with van der Waals surface area (Å²) in [5.41, 5.74) is 1.63. The number of benzene rings is 1. The van der Waals surface area contributed by atoms with E-state index in [9.17, 15) is 14.0 Å². The number of aromatic nitrogens is 2. The molecule has 29 heavy (non-hydrogen) atoms. The van der Waals surface area contributed by atoms with E-state index in [1.165, 1.54) is 39.8 Å². The molecule has 3 rings (SSSR count). The Bertz CT molecular complexity index is 1080. The number of nitrogens with zero attached hydrogens (tertiary/aromatic N) is 3. The lowest BCUT2D eigenvalue weighted by atomic mass is 10.2.